The van der Waals surface area contributed by atoms with Crippen LogP contribution in [-0.4, -0.2) is 25.6 Å². The second-order valence-electron chi connectivity index (χ2n) is 7.74. The van der Waals surface area contributed by atoms with E-state index in [0.29, 0.717) is 11.4 Å². The highest BCUT2D eigenvalue weighted by Crippen LogP contribution is 2.25. The van der Waals surface area contributed by atoms with Crippen LogP contribution in [0.3, 0.4) is 0 Å². The Morgan fingerprint density at radius 2 is 1.74 bits per heavy atom. The molecular weight excluding hydrogens is 462 g/mol. The number of rotatable bonds is 9. The molecule has 0 radical (unpaired) electrons. The van der Waals surface area contributed by atoms with Gasteiger partial charge in [0, 0.05) is 29.6 Å². The van der Waals surface area contributed by atoms with Gasteiger partial charge in [-0.1, -0.05) is 59.8 Å². The molecule has 0 spiro atoms. The number of aryl methyl sites for hydroxylation is 1. The summed E-state index contributed by atoms with van der Waals surface area (Å²) in [7, 11) is 0. The summed E-state index contributed by atoms with van der Waals surface area (Å²) in [5, 5.41) is 23.1. The van der Waals surface area contributed by atoms with Crippen molar-refractivity contribution in [2.75, 3.05) is 0 Å². The number of nitro groups is 1. The molecule has 4 rings (SSSR count). The number of benzene rings is 3. The highest BCUT2D eigenvalue weighted by atomic mass is 32.2. The molecule has 0 saturated carbocycles. The zero-order valence-electron chi connectivity index (χ0n) is 19.0. The van der Waals surface area contributed by atoms with Crippen molar-refractivity contribution in [3.8, 4) is 5.69 Å². The fraction of sp³-hybridized carbons (Fsp3) is 0.115. The molecule has 8 nitrogen and oxygen atoms in total. The molecule has 1 heterocycles. The lowest BCUT2D eigenvalue weighted by Crippen LogP contribution is -2.22. The van der Waals surface area contributed by atoms with Crippen molar-refractivity contribution in [1.29, 1.82) is 0 Å². The summed E-state index contributed by atoms with van der Waals surface area (Å²) in [4.78, 5) is 22.7. The Kier molecular flexibility index (Phi) is 7.69. The molecule has 4 aromatic rings. The maximum Gasteiger partial charge on any atom is 0.269 e. The molecule has 9 heteroatoms. The Balaban J connectivity index is 1.47. The number of thioether (sulfide) groups is 1. The fourth-order valence-electron chi connectivity index (χ4n) is 3.29. The fourth-order valence-corrected chi connectivity index (χ4v) is 4.21. The van der Waals surface area contributed by atoms with Gasteiger partial charge in [0.2, 0.25) is 5.91 Å². The highest BCUT2D eigenvalue weighted by molar-refractivity contribution is 7.98. The molecule has 0 aliphatic carbocycles. The molecule has 0 unspecified atom stereocenters. The second-order valence-corrected chi connectivity index (χ2v) is 8.69. The zero-order valence-corrected chi connectivity index (χ0v) is 19.8. The molecule has 0 saturated heterocycles. The number of carbonyl (C=O) groups is 1. The summed E-state index contributed by atoms with van der Waals surface area (Å²) in [6.45, 7) is 2.22. The second kappa shape index (κ2) is 11.3. The minimum absolute atomic E-state index is 0.00276. The van der Waals surface area contributed by atoms with E-state index in [9.17, 15) is 14.9 Å². The van der Waals surface area contributed by atoms with E-state index in [2.05, 4.69) is 27.6 Å². The van der Waals surface area contributed by atoms with E-state index in [4.69, 9.17) is 0 Å². The van der Waals surface area contributed by atoms with E-state index in [0.717, 1.165) is 22.2 Å². The molecule has 3 aromatic carbocycles. The molecular formula is C26H23N5O3S. The molecule has 1 aromatic heterocycles. The Morgan fingerprint density at radius 1 is 1.03 bits per heavy atom. The summed E-state index contributed by atoms with van der Waals surface area (Å²) >= 11 is 1.58. The predicted molar refractivity (Wildman–Crippen MR) is 136 cm³/mol. The van der Waals surface area contributed by atoms with Crippen LogP contribution in [0.4, 0.5) is 5.69 Å². The number of aromatic nitrogens is 3. The van der Waals surface area contributed by atoms with Crippen molar-refractivity contribution in [2.24, 2.45) is 0 Å². The van der Waals surface area contributed by atoms with Crippen molar-refractivity contribution in [3.05, 3.63) is 118 Å². The summed E-state index contributed by atoms with van der Waals surface area (Å²) in [5.74, 6) is 1.05. The van der Waals surface area contributed by atoms with Crippen LogP contribution >= 0.6 is 11.8 Å². The summed E-state index contributed by atoms with van der Waals surface area (Å²) in [6, 6.07) is 24.2. The Morgan fingerprint density at radius 3 is 2.43 bits per heavy atom. The molecule has 0 fully saturated rings. The van der Waals surface area contributed by atoms with Gasteiger partial charge in [0.05, 0.1) is 11.5 Å². The number of carbonyl (C=O) groups excluding carboxylic acids is 1. The first-order valence-corrected chi connectivity index (χ1v) is 11.9. The van der Waals surface area contributed by atoms with Gasteiger partial charge in [-0.05, 0) is 48.4 Å². The monoisotopic (exact) mass is 485 g/mol. The zero-order chi connectivity index (χ0) is 24.6. The van der Waals surface area contributed by atoms with Crippen molar-refractivity contribution >= 4 is 29.4 Å². The van der Waals surface area contributed by atoms with Gasteiger partial charge in [-0.25, -0.2) is 0 Å². The molecule has 176 valence electrons. The molecule has 0 aliphatic rings. The summed E-state index contributed by atoms with van der Waals surface area (Å²) in [6.07, 6.45) is 2.99. The van der Waals surface area contributed by atoms with E-state index in [1.54, 1.807) is 30.0 Å². The lowest BCUT2D eigenvalue weighted by Gasteiger charge is -2.11. The average molecular weight is 486 g/mol. The molecule has 1 amide bonds. The molecule has 0 bridgehead atoms. The number of non-ortho nitro benzene ring substituents is 1. The number of nitrogens with zero attached hydrogens (tertiary/aromatic N) is 4. The standard InChI is InChI=1S/C26H23N5O3S/c1-19-7-12-22(13-8-19)30-24(28-29-26(30)35-18-21-5-3-2-4-6-21)17-27-25(32)16-11-20-9-14-23(15-10-20)31(33)34/h2-16H,17-18H2,1H3,(H,27,32)/b16-11+. The van der Waals surface area contributed by atoms with Gasteiger partial charge in [0.25, 0.3) is 5.69 Å². The van der Waals surface area contributed by atoms with E-state index >= 15 is 0 Å². The Labute approximate surface area is 206 Å². The van der Waals surface area contributed by atoms with Crippen LogP contribution in [0.5, 0.6) is 0 Å². The van der Waals surface area contributed by atoms with Crippen LogP contribution < -0.4 is 5.32 Å². The van der Waals surface area contributed by atoms with Crippen molar-refractivity contribution in [2.45, 2.75) is 24.4 Å². The molecule has 0 aliphatic heterocycles. The minimum atomic E-state index is -0.462. The van der Waals surface area contributed by atoms with Gasteiger partial charge in [-0.2, -0.15) is 0 Å². The third kappa shape index (κ3) is 6.42. The van der Waals surface area contributed by atoms with Gasteiger partial charge in [0.15, 0.2) is 11.0 Å². The van der Waals surface area contributed by atoms with Crippen LogP contribution in [0, 0.1) is 17.0 Å². The predicted octanol–water partition coefficient (Wildman–Crippen LogP) is 5.11. The van der Waals surface area contributed by atoms with E-state index < -0.39 is 4.92 Å². The van der Waals surface area contributed by atoms with Crippen molar-refractivity contribution in [3.63, 3.8) is 0 Å². The first-order valence-electron chi connectivity index (χ1n) is 10.9. The third-order valence-electron chi connectivity index (χ3n) is 5.16. The van der Waals surface area contributed by atoms with Crippen molar-refractivity contribution in [1.82, 2.24) is 20.1 Å². The highest BCUT2D eigenvalue weighted by Gasteiger charge is 2.15. The van der Waals surface area contributed by atoms with Gasteiger partial charge < -0.3 is 5.32 Å². The smallest absolute Gasteiger partial charge is 0.269 e. The number of nitrogens with one attached hydrogen (secondary N) is 1. The average Bonchev–Trinajstić information content (AvgIpc) is 3.29. The van der Waals surface area contributed by atoms with E-state index in [-0.39, 0.29) is 18.1 Å². The van der Waals surface area contributed by atoms with Gasteiger partial charge >= 0.3 is 0 Å². The Hall–Kier alpha value is -4.24. The van der Waals surface area contributed by atoms with Crippen LogP contribution in [0.15, 0.2) is 90.1 Å². The number of nitro benzene ring substituents is 1. The van der Waals surface area contributed by atoms with E-state index in [1.807, 2.05) is 54.0 Å². The van der Waals surface area contributed by atoms with Crippen LogP contribution in [0.1, 0.15) is 22.5 Å². The normalized spacial score (nSPS) is 11.0. The Bertz CT molecular complexity index is 1330. The molecule has 35 heavy (non-hydrogen) atoms. The van der Waals surface area contributed by atoms with Gasteiger partial charge in [0.1, 0.15) is 0 Å². The lowest BCUT2D eigenvalue weighted by atomic mass is 10.2. The number of hydrogen-bond acceptors (Lipinski definition) is 6. The summed E-state index contributed by atoms with van der Waals surface area (Å²) in [5.41, 5.74) is 3.94. The maximum absolute atomic E-state index is 12.4. The largest absolute Gasteiger partial charge is 0.345 e. The lowest BCUT2D eigenvalue weighted by molar-refractivity contribution is -0.384. The first kappa shape index (κ1) is 23.9. The van der Waals surface area contributed by atoms with Crippen LogP contribution in [-0.2, 0) is 17.1 Å². The number of amides is 1. The molecule has 0 atom stereocenters. The van der Waals surface area contributed by atoms with Crippen molar-refractivity contribution < 1.29 is 9.72 Å². The van der Waals surface area contributed by atoms with Gasteiger partial charge in [-0.15, -0.1) is 10.2 Å². The van der Waals surface area contributed by atoms with E-state index in [1.165, 1.54) is 23.8 Å². The van der Waals surface area contributed by atoms with Crippen LogP contribution in [0.2, 0.25) is 0 Å². The minimum Gasteiger partial charge on any atom is -0.345 e. The maximum atomic E-state index is 12.4. The number of hydrogen-bond donors (Lipinski definition) is 1. The van der Waals surface area contributed by atoms with Gasteiger partial charge in [-0.3, -0.25) is 19.5 Å². The van der Waals surface area contributed by atoms with Crippen LogP contribution in [0.25, 0.3) is 11.8 Å². The first-order chi connectivity index (χ1) is 17.0. The SMILES string of the molecule is Cc1ccc(-n2c(CNC(=O)/C=C/c3ccc([N+](=O)[O-])cc3)nnc2SCc2ccccc2)cc1. The quantitative estimate of drug-likeness (QED) is 0.153. The topological polar surface area (TPSA) is 103 Å². The molecule has 1 N–H and O–H groups in total. The summed E-state index contributed by atoms with van der Waals surface area (Å²) < 4.78 is 1.95. The third-order valence-corrected chi connectivity index (χ3v) is 6.16.